The van der Waals surface area contributed by atoms with Gasteiger partial charge in [0.05, 0.1) is 0 Å². The van der Waals surface area contributed by atoms with Gasteiger partial charge in [0.15, 0.2) is 5.78 Å². The van der Waals surface area contributed by atoms with Gasteiger partial charge >= 0.3 is 0 Å². The molecule has 0 fully saturated rings. The van der Waals surface area contributed by atoms with Gasteiger partial charge in [-0.2, -0.15) is 0 Å². The lowest BCUT2D eigenvalue weighted by atomic mass is 9.97. The summed E-state index contributed by atoms with van der Waals surface area (Å²) < 4.78 is 0.970. The van der Waals surface area contributed by atoms with E-state index in [9.17, 15) is 4.79 Å². The molecule has 0 heterocycles. The summed E-state index contributed by atoms with van der Waals surface area (Å²) in [6.45, 7) is 6.02. The van der Waals surface area contributed by atoms with Crippen molar-refractivity contribution in [3.05, 3.63) is 68.7 Å². The van der Waals surface area contributed by atoms with Crippen LogP contribution in [0.5, 0.6) is 0 Å². The molecule has 2 aromatic rings. The number of hydrogen-bond donors (Lipinski definition) is 0. The van der Waals surface area contributed by atoms with Gasteiger partial charge in [-0.1, -0.05) is 51.8 Å². The van der Waals surface area contributed by atoms with Crippen LogP contribution in [0.25, 0.3) is 0 Å². The van der Waals surface area contributed by atoms with Crippen molar-refractivity contribution in [1.82, 2.24) is 0 Å². The molecule has 0 unspecified atom stereocenters. The van der Waals surface area contributed by atoms with Crippen molar-refractivity contribution in [2.75, 3.05) is 0 Å². The van der Waals surface area contributed by atoms with Crippen molar-refractivity contribution in [2.45, 2.75) is 20.8 Å². The Morgan fingerprint density at radius 3 is 2.28 bits per heavy atom. The van der Waals surface area contributed by atoms with Gasteiger partial charge in [-0.3, -0.25) is 4.79 Å². The fourth-order valence-electron chi connectivity index (χ4n) is 1.96. The molecule has 0 amide bonds. The van der Waals surface area contributed by atoms with Crippen LogP contribution in [0.3, 0.4) is 0 Å². The van der Waals surface area contributed by atoms with Crippen LogP contribution < -0.4 is 0 Å². The zero-order valence-electron chi connectivity index (χ0n) is 10.8. The van der Waals surface area contributed by atoms with Crippen molar-refractivity contribution < 1.29 is 4.79 Å². The second kappa shape index (κ2) is 5.07. The van der Waals surface area contributed by atoms with Crippen LogP contribution in [0.2, 0.25) is 0 Å². The molecule has 1 nitrogen and oxygen atoms in total. The average molecular weight is 303 g/mol. The number of halogens is 1. The molecule has 0 bridgehead atoms. The summed E-state index contributed by atoms with van der Waals surface area (Å²) in [7, 11) is 0. The van der Waals surface area contributed by atoms with Gasteiger partial charge in [-0.15, -0.1) is 0 Å². The Bertz CT molecular complexity index is 614. The first-order valence-corrected chi connectivity index (χ1v) is 6.66. The van der Waals surface area contributed by atoms with E-state index in [1.54, 1.807) is 0 Å². The molecule has 0 aliphatic heterocycles. The second-order valence-electron chi connectivity index (χ2n) is 4.61. The number of rotatable bonds is 2. The van der Waals surface area contributed by atoms with Crippen molar-refractivity contribution in [1.29, 1.82) is 0 Å². The Balaban J connectivity index is 2.44. The number of carbonyl (C=O) groups is 1. The number of benzene rings is 2. The van der Waals surface area contributed by atoms with Gasteiger partial charge in [-0.05, 0) is 38.0 Å². The highest BCUT2D eigenvalue weighted by molar-refractivity contribution is 9.10. The Morgan fingerprint density at radius 1 is 0.944 bits per heavy atom. The van der Waals surface area contributed by atoms with E-state index >= 15 is 0 Å². The van der Waals surface area contributed by atoms with E-state index in [-0.39, 0.29) is 5.78 Å². The normalized spacial score (nSPS) is 10.4. The lowest BCUT2D eigenvalue weighted by molar-refractivity contribution is 0.103. The van der Waals surface area contributed by atoms with Crippen LogP contribution in [0, 0.1) is 20.8 Å². The maximum Gasteiger partial charge on any atom is 0.193 e. The highest BCUT2D eigenvalue weighted by Gasteiger charge is 2.12. The molecule has 0 N–H and O–H groups in total. The largest absolute Gasteiger partial charge is 0.289 e. The minimum absolute atomic E-state index is 0.0770. The molecule has 18 heavy (non-hydrogen) atoms. The molecule has 2 heteroatoms. The summed E-state index contributed by atoms with van der Waals surface area (Å²) >= 11 is 3.46. The first kappa shape index (κ1) is 13.0. The third-order valence-corrected chi connectivity index (χ3v) is 3.91. The molecule has 0 saturated heterocycles. The summed E-state index contributed by atoms with van der Waals surface area (Å²) in [6.07, 6.45) is 0. The number of ketones is 1. The molecule has 92 valence electrons. The minimum Gasteiger partial charge on any atom is -0.289 e. The smallest absolute Gasteiger partial charge is 0.193 e. The van der Waals surface area contributed by atoms with Crippen molar-refractivity contribution in [2.24, 2.45) is 0 Å². The lowest BCUT2D eigenvalue weighted by Crippen LogP contribution is -2.04. The summed E-state index contributed by atoms with van der Waals surface area (Å²) in [5.41, 5.74) is 4.83. The quantitative estimate of drug-likeness (QED) is 0.741. The Labute approximate surface area is 116 Å². The van der Waals surface area contributed by atoms with Gasteiger partial charge < -0.3 is 0 Å². The second-order valence-corrected chi connectivity index (χ2v) is 5.47. The highest BCUT2D eigenvalue weighted by Crippen LogP contribution is 2.21. The van der Waals surface area contributed by atoms with E-state index in [0.717, 1.165) is 26.7 Å². The molecule has 0 spiro atoms. The van der Waals surface area contributed by atoms with Gasteiger partial charge in [0, 0.05) is 15.6 Å². The topological polar surface area (TPSA) is 17.1 Å². The summed E-state index contributed by atoms with van der Waals surface area (Å²) in [4.78, 5) is 12.4. The van der Waals surface area contributed by atoms with Crippen LogP contribution in [0.1, 0.15) is 32.6 Å². The van der Waals surface area contributed by atoms with E-state index in [1.165, 1.54) is 5.56 Å². The van der Waals surface area contributed by atoms with Crippen molar-refractivity contribution >= 4 is 21.7 Å². The summed E-state index contributed by atoms with van der Waals surface area (Å²) in [6, 6.07) is 11.6. The monoisotopic (exact) mass is 302 g/mol. The van der Waals surface area contributed by atoms with Gasteiger partial charge in [-0.25, -0.2) is 0 Å². The molecule has 2 aromatic carbocycles. The number of hydrogen-bond acceptors (Lipinski definition) is 1. The fourth-order valence-corrected chi connectivity index (χ4v) is 2.34. The van der Waals surface area contributed by atoms with Gasteiger partial charge in [0.2, 0.25) is 0 Å². The maximum absolute atomic E-state index is 12.4. The van der Waals surface area contributed by atoms with Crippen LogP contribution in [0.15, 0.2) is 40.9 Å². The molecule has 0 aliphatic rings. The number of aryl methyl sites for hydroxylation is 3. The highest BCUT2D eigenvalue weighted by atomic mass is 79.9. The maximum atomic E-state index is 12.4. The zero-order valence-corrected chi connectivity index (χ0v) is 12.3. The van der Waals surface area contributed by atoms with E-state index in [2.05, 4.69) is 15.9 Å². The summed E-state index contributed by atoms with van der Waals surface area (Å²) in [5, 5.41) is 0. The predicted octanol–water partition coefficient (Wildman–Crippen LogP) is 4.61. The Hall–Kier alpha value is -1.41. The fraction of sp³-hybridized carbons (Fsp3) is 0.188. The molecule has 0 atom stereocenters. The average Bonchev–Trinajstić information content (AvgIpc) is 2.32. The molecular weight excluding hydrogens is 288 g/mol. The van der Waals surface area contributed by atoms with Crippen molar-refractivity contribution in [3.8, 4) is 0 Å². The minimum atomic E-state index is 0.0770. The first-order chi connectivity index (χ1) is 8.49. The third kappa shape index (κ3) is 2.54. The SMILES string of the molecule is Cc1ccc(C(=O)c2ccc(C)c(Br)c2)c(C)c1. The van der Waals surface area contributed by atoms with Crippen molar-refractivity contribution in [3.63, 3.8) is 0 Å². The molecule has 2 rings (SSSR count). The predicted molar refractivity (Wildman–Crippen MR) is 78.2 cm³/mol. The van der Waals surface area contributed by atoms with Crippen LogP contribution >= 0.6 is 15.9 Å². The lowest BCUT2D eigenvalue weighted by Gasteiger charge is -2.07. The molecule has 0 aliphatic carbocycles. The van der Waals surface area contributed by atoms with Crippen LogP contribution in [-0.2, 0) is 0 Å². The van der Waals surface area contributed by atoms with Crippen LogP contribution in [0.4, 0.5) is 0 Å². The summed E-state index contributed by atoms with van der Waals surface area (Å²) in [5.74, 6) is 0.0770. The standard InChI is InChI=1S/C16H15BrO/c1-10-4-7-14(12(3)8-10)16(18)13-6-5-11(2)15(17)9-13/h4-9H,1-3H3. The van der Waals surface area contributed by atoms with E-state index in [0.29, 0.717) is 0 Å². The first-order valence-electron chi connectivity index (χ1n) is 5.87. The van der Waals surface area contributed by atoms with E-state index in [4.69, 9.17) is 0 Å². The van der Waals surface area contributed by atoms with E-state index < -0.39 is 0 Å². The van der Waals surface area contributed by atoms with E-state index in [1.807, 2.05) is 57.2 Å². The molecule has 0 saturated carbocycles. The Kier molecular flexibility index (Phi) is 3.67. The van der Waals surface area contributed by atoms with Gasteiger partial charge in [0.1, 0.15) is 0 Å². The molecule has 0 radical (unpaired) electrons. The van der Waals surface area contributed by atoms with Crippen LogP contribution in [-0.4, -0.2) is 5.78 Å². The number of carbonyl (C=O) groups excluding carboxylic acids is 1. The molecular formula is C16H15BrO. The van der Waals surface area contributed by atoms with Gasteiger partial charge in [0.25, 0.3) is 0 Å². The molecule has 0 aromatic heterocycles. The third-order valence-electron chi connectivity index (χ3n) is 3.06. The zero-order chi connectivity index (χ0) is 13.3. The Morgan fingerprint density at radius 2 is 1.67 bits per heavy atom.